The maximum Gasteiger partial charge on any atom is 0.296 e. The molecule has 0 amide bonds. The van der Waals surface area contributed by atoms with Gasteiger partial charge in [-0.05, 0) is 54.3 Å². The van der Waals surface area contributed by atoms with E-state index in [-0.39, 0.29) is 26.9 Å². The molecule has 1 heterocycles. The molecule has 3 aromatic carbocycles. The smallest absolute Gasteiger partial charge is 0.296 e. The van der Waals surface area contributed by atoms with Crippen LogP contribution in [0.4, 0.5) is 11.4 Å². The zero-order valence-electron chi connectivity index (χ0n) is 19.9. The monoisotopic (exact) mass is 568 g/mol. The van der Waals surface area contributed by atoms with Gasteiger partial charge in [-0.15, -0.1) is 0 Å². The Morgan fingerprint density at radius 2 is 1.69 bits per heavy atom. The van der Waals surface area contributed by atoms with Gasteiger partial charge in [0.1, 0.15) is 9.79 Å². The molecule has 1 aliphatic rings. The maximum atomic E-state index is 13.9. The van der Waals surface area contributed by atoms with Crippen LogP contribution in [0.1, 0.15) is 20.3 Å². The van der Waals surface area contributed by atoms with E-state index in [2.05, 4.69) is 0 Å². The van der Waals surface area contributed by atoms with E-state index in [1.807, 2.05) is 49.1 Å². The minimum absolute atomic E-state index is 0.0443. The summed E-state index contributed by atoms with van der Waals surface area (Å²) in [4.78, 5) is 1.50. The van der Waals surface area contributed by atoms with Gasteiger partial charge in [-0.25, -0.2) is 8.42 Å². The number of para-hydroxylation sites is 1. The number of fused-ring (bicyclic) bond motifs is 1. The van der Waals surface area contributed by atoms with E-state index in [9.17, 15) is 21.4 Å². The van der Waals surface area contributed by atoms with Crippen LogP contribution in [-0.4, -0.2) is 45.3 Å². The summed E-state index contributed by atoms with van der Waals surface area (Å²) in [7, 11) is -6.98. The van der Waals surface area contributed by atoms with Gasteiger partial charge < -0.3 is 4.90 Å². The average molecular weight is 570 g/mol. The highest BCUT2D eigenvalue weighted by molar-refractivity contribution is 7.89. The van der Waals surface area contributed by atoms with Crippen LogP contribution in [-0.2, 0) is 20.1 Å². The lowest BCUT2D eigenvalue weighted by Gasteiger charge is -2.30. The second-order valence-corrected chi connectivity index (χ2v) is 13.3. The van der Waals surface area contributed by atoms with Gasteiger partial charge in [-0.1, -0.05) is 61.3 Å². The molecule has 1 N–H and O–H groups in total. The molecular weight excluding hydrogens is 543 g/mol. The van der Waals surface area contributed by atoms with Gasteiger partial charge in [-0.3, -0.25) is 4.55 Å². The first-order valence-corrected chi connectivity index (χ1v) is 14.9. The lowest BCUT2D eigenvalue weighted by atomic mass is 10.0. The quantitative estimate of drug-likeness (QED) is 0.374. The van der Waals surface area contributed by atoms with E-state index in [1.165, 1.54) is 28.6 Å². The van der Waals surface area contributed by atoms with E-state index in [0.29, 0.717) is 29.8 Å². The number of nitrogens with zero attached hydrogens (tertiary/aromatic N) is 2. The molecule has 0 fully saturated rings. The van der Waals surface area contributed by atoms with E-state index in [4.69, 9.17) is 23.2 Å². The number of benzene rings is 3. The van der Waals surface area contributed by atoms with Crippen molar-refractivity contribution in [3.8, 4) is 11.1 Å². The van der Waals surface area contributed by atoms with Crippen LogP contribution in [0.2, 0.25) is 10.0 Å². The fraction of sp³-hybridized carbons (Fsp3) is 0.280. The number of likely N-dealkylation sites (N-methyl/N-ethyl adjacent to an activating group) is 1. The van der Waals surface area contributed by atoms with Crippen LogP contribution in [0.5, 0.6) is 0 Å². The minimum atomic E-state index is -4.61. The topological polar surface area (TPSA) is 95.0 Å². The lowest BCUT2D eigenvalue weighted by Crippen LogP contribution is -2.41. The van der Waals surface area contributed by atoms with E-state index in [1.54, 1.807) is 13.1 Å². The van der Waals surface area contributed by atoms with Crippen LogP contribution >= 0.6 is 23.2 Å². The summed E-state index contributed by atoms with van der Waals surface area (Å²) < 4.78 is 62.3. The molecule has 0 spiro atoms. The molecule has 7 nitrogen and oxygen atoms in total. The van der Waals surface area contributed by atoms with Gasteiger partial charge in [0.25, 0.3) is 10.1 Å². The maximum absolute atomic E-state index is 13.9. The SMILES string of the molecule is CC(C)C[C@@H]1CN(c2ccccc2)c2cc(Cl)c(-c3ccc(Cl)c(S(=O)(=O)O)c3)cc2S(=O)(=O)N1C. The van der Waals surface area contributed by atoms with Crippen molar-refractivity contribution in [3.05, 3.63) is 70.7 Å². The highest BCUT2D eigenvalue weighted by Gasteiger charge is 2.38. The largest absolute Gasteiger partial charge is 0.339 e. The van der Waals surface area contributed by atoms with Crippen LogP contribution in [0.3, 0.4) is 0 Å². The Bertz CT molecular complexity index is 1510. The first-order valence-electron chi connectivity index (χ1n) is 11.2. The van der Waals surface area contributed by atoms with Crippen molar-refractivity contribution in [3.63, 3.8) is 0 Å². The molecule has 0 radical (unpaired) electrons. The van der Waals surface area contributed by atoms with Crippen molar-refractivity contribution in [1.82, 2.24) is 4.31 Å². The second kappa shape index (κ2) is 9.96. The van der Waals surface area contributed by atoms with Gasteiger partial charge in [-0.2, -0.15) is 12.7 Å². The Kier molecular flexibility index (Phi) is 7.45. The Morgan fingerprint density at radius 1 is 1.03 bits per heavy atom. The summed E-state index contributed by atoms with van der Waals surface area (Å²) in [6.45, 7) is 4.52. The molecule has 4 rings (SSSR count). The second-order valence-electron chi connectivity index (χ2n) is 9.17. The summed E-state index contributed by atoms with van der Waals surface area (Å²) in [5, 5.41) is 0.0599. The van der Waals surface area contributed by atoms with Gasteiger partial charge in [0.05, 0.1) is 15.7 Å². The highest BCUT2D eigenvalue weighted by atomic mass is 35.5. The van der Waals surface area contributed by atoms with E-state index < -0.39 is 25.0 Å². The summed E-state index contributed by atoms with van der Waals surface area (Å²) in [6.07, 6.45) is 0.655. The number of halogens is 2. The normalized spacial score (nSPS) is 18.2. The Labute approximate surface area is 222 Å². The third-order valence-electron chi connectivity index (χ3n) is 6.24. The molecule has 0 saturated carbocycles. The zero-order valence-corrected chi connectivity index (χ0v) is 23.0. The molecule has 0 unspecified atom stereocenters. The predicted molar refractivity (Wildman–Crippen MR) is 143 cm³/mol. The molecule has 0 bridgehead atoms. The molecule has 36 heavy (non-hydrogen) atoms. The van der Waals surface area contributed by atoms with Crippen LogP contribution in [0, 0.1) is 5.92 Å². The van der Waals surface area contributed by atoms with Crippen molar-refractivity contribution in [2.24, 2.45) is 5.92 Å². The van der Waals surface area contributed by atoms with Crippen molar-refractivity contribution in [2.75, 3.05) is 18.5 Å². The van der Waals surface area contributed by atoms with E-state index in [0.717, 1.165) is 5.69 Å². The molecule has 1 atom stereocenters. The number of hydrogen-bond donors (Lipinski definition) is 1. The molecule has 0 saturated heterocycles. The minimum Gasteiger partial charge on any atom is -0.339 e. The van der Waals surface area contributed by atoms with Crippen molar-refractivity contribution < 1.29 is 21.4 Å². The molecule has 192 valence electrons. The molecule has 1 aliphatic heterocycles. The van der Waals surface area contributed by atoms with E-state index >= 15 is 0 Å². The first kappa shape index (κ1) is 26.9. The van der Waals surface area contributed by atoms with Crippen molar-refractivity contribution in [1.29, 1.82) is 0 Å². The molecule has 0 aliphatic carbocycles. The summed E-state index contributed by atoms with van der Waals surface area (Å²) in [6, 6.07) is 16.2. The number of rotatable bonds is 5. The fourth-order valence-electron chi connectivity index (χ4n) is 4.45. The number of sulfonamides is 1. The fourth-order valence-corrected chi connectivity index (χ4v) is 7.27. The zero-order chi connectivity index (χ0) is 26.4. The Hall–Kier alpha value is -2.14. The molecule has 0 aromatic heterocycles. The van der Waals surface area contributed by atoms with Crippen molar-refractivity contribution in [2.45, 2.75) is 36.1 Å². The predicted octanol–water partition coefficient (Wildman–Crippen LogP) is 6.09. The van der Waals surface area contributed by atoms with Crippen LogP contribution < -0.4 is 4.90 Å². The third kappa shape index (κ3) is 5.14. The van der Waals surface area contributed by atoms with Gasteiger partial charge in [0.15, 0.2) is 0 Å². The third-order valence-corrected chi connectivity index (χ3v) is 9.82. The van der Waals surface area contributed by atoms with Crippen LogP contribution in [0.15, 0.2) is 70.5 Å². The standard InChI is InChI=1S/C25H26Cl2N2O5S2/c1-16(2)11-19-15-29(18-7-5-4-6-8-18)23-14-22(27)20(13-25(23)35(30,31)28(19)3)17-9-10-21(26)24(12-17)36(32,33)34/h4-10,12-14,16,19H,11,15H2,1-3H3,(H,32,33,34)/t19-/m1/s1. The molecule has 3 aromatic rings. The molecule has 11 heteroatoms. The van der Waals surface area contributed by atoms with Crippen LogP contribution in [0.25, 0.3) is 11.1 Å². The van der Waals surface area contributed by atoms with Gasteiger partial charge in [0.2, 0.25) is 10.0 Å². The lowest BCUT2D eigenvalue weighted by molar-refractivity contribution is 0.326. The van der Waals surface area contributed by atoms with Gasteiger partial charge >= 0.3 is 0 Å². The molecular formula is C25H26Cl2N2O5S2. The Balaban J connectivity index is 1.98. The first-order chi connectivity index (χ1) is 16.8. The summed E-state index contributed by atoms with van der Waals surface area (Å²) >= 11 is 12.7. The Morgan fingerprint density at radius 3 is 2.31 bits per heavy atom. The number of hydrogen-bond acceptors (Lipinski definition) is 5. The van der Waals surface area contributed by atoms with Gasteiger partial charge in [0, 0.05) is 30.9 Å². The average Bonchev–Trinajstić information content (AvgIpc) is 2.87. The summed E-state index contributed by atoms with van der Waals surface area (Å²) in [5.41, 5.74) is 1.84. The highest BCUT2D eigenvalue weighted by Crippen LogP contribution is 2.43. The number of anilines is 2. The van der Waals surface area contributed by atoms with Crippen molar-refractivity contribution >= 4 is 54.7 Å². The summed E-state index contributed by atoms with van der Waals surface area (Å²) in [5.74, 6) is 0.263.